The normalized spacial score (nSPS) is 17.4. The molecule has 0 saturated carbocycles. The Morgan fingerprint density at radius 1 is 1.40 bits per heavy atom. The molecule has 5 nitrogen and oxygen atoms in total. The Kier molecular flexibility index (Phi) is 4.27. The Labute approximate surface area is 118 Å². The van der Waals surface area contributed by atoms with Crippen LogP contribution in [0.15, 0.2) is 18.2 Å². The molecule has 1 heterocycles. The van der Waals surface area contributed by atoms with Crippen LogP contribution in [-0.4, -0.2) is 37.0 Å². The molecule has 1 aliphatic rings. The molecule has 20 heavy (non-hydrogen) atoms. The first-order chi connectivity index (χ1) is 9.58. The van der Waals surface area contributed by atoms with Crippen molar-refractivity contribution in [2.24, 2.45) is 0 Å². The second-order valence-corrected chi connectivity index (χ2v) is 4.71. The third-order valence-corrected chi connectivity index (χ3v) is 3.60. The molecule has 0 saturated heterocycles. The van der Waals surface area contributed by atoms with E-state index in [9.17, 15) is 9.59 Å². The highest BCUT2D eigenvalue weighted by molar-refractivity contribution is 6.32. The van der Waals surface area contributed by atoms with Crippen molar-refractivity contribution in [1.82, 2.24) is 4.90 Å². The van der Waals surface area contributed by atoms with E-state index in [1.807, 2.05) is 25.1 Å². The van der Waals surface area contributed by atoms with Crippen LogP contribution in [0.5, 0.6) is 5.75 Å². The van der Waals surface area contributed by atoms with Crippen LogP contribution in [0, 0.1) is 0 Å². The number of carbonyl (C=O) groups excluding carboxylic acids is 2. The van der Waals surface area contributed by atoms with Gasteiger partial charge in [-0.15, -0.1) is 0 Å². The van der Waals surface area contributed by atoms with Crippen molar-refractivity contribution >= 4 is 11.9 Å². The van der Waals surface area contributed by atoms with E-state index < -0.39 is 11.9 Å². The fourth-order valence-electron chi connectivity index (χ4n) is 2.52. The van der Waals surface area contributed by atoms with Gasteiger partial charge < -0.3 is 14.4 Å². The maximum atomic E-state index is 12.1. The second-order valence-electron chi connectivity index (χ2n) is 4.71. The van der Waals surface area contributed by atoms with E-state index in [4.69, 9.17) is 9.47 Å². The van der Waals surface area contributed by atoms with Crippen molar-refractivity contribution in [3.05, 3.63) is 29.3 Å². The number of benzene rings is 1. The van der Waals surface area contributed by atoms with Gasteiger partial charge in [-0.05, 0) is 43.5 Å². The van der Waals surface area contributed by atoms with E-state index in [1.54, 1.807) is 18.9 Å². The molecule has 1 aromatic rings. The monoisotopic (exact) mass is 277 g/mol. The Hall–Kier alpha value is -2.04. The number of esters is 1. The summed E-state index contributed by atoms with van der Waals surface area (Å²) in [5, 5.41) is 0. The largest absolute Gasteiger partial charge is 0.497 e. The lowest BCUT2D eigenvalue weighted by Gasteiger charge is -2.34. The Balaban J connectivity index is 2.21. The number of amides is 1. The second kappa shape index (κ2) is 5.94. The summed E-state index contributed by atoms with van der Waals surface area (Å²) in [5.41, 5.74) is 2.21. The van der Waals surface area contributed by atoms with Gasteiger partial charge in [0.1, 0.15) is 5.75 Å². The zero-order valence-corrected chi connectivity index (χ0v) is 12.0. The maximum Gasteiger partial charge on any atom is 0.397 e. The number of nitrogens with zero attached hydrogens (tertiary/aromatic N) is 1. The van der Waals surface area contributed by atoms with E-state index in [0.717, 1.165) is 16.9 Å². The van der Waals surface area contributed by atoms with Crippen LogP contribution in [0.2, 0.25) is 0 Å². The van der Waals surface area contributed by atoms with Crippen LogP contribution >= 0.6 is 0 Å². The van der Waals surface area contributed by atoms with Gasteiger partial charge in [0.2, 0.25) is 0 Å². The Morgan fingerprint density at radius 2 is 2.15 bits per heavy atom. The molecule has 0 aliphatic carbocycles. The first-order valence-corrected chi connectivity index (χ1v) is 6.73. The fraction of sp³-hybridized carbons (Fsp3) is 0.467. The topological polar surface area (TPSA) is 55.8 Å². The number of hydrogen-bond donors (Lipinski definition) is 0. The minimum absolute atomic E-state index is 0.137. The molecule has 0 radical (unpaired) electrons. The van der Waals surface area contributed by atoms with Crippen molar-refractivity contribution in [1.29, 1.82) is 0 Å². The van der Waals surface area contributed by atoms with Gasteiger partial charge in [0.25, 0.3) is 0 Å². The molecule has 108 valence electrons. The van der Waals surface area contributed by atoms with Gasteiger partial charge in [-0.1, -0.05) is 6.07 Å². The van der Waals surface area contributed by atoms with Crippen molar-refractivity contribution in [2.75, 3.05) is 20.3 Å². The number of ether oxygens (including phenoxy) is 2. The summed E-state index contributed by atoms with van der Waals surface area (Å²) < 4.78 is 9.98. The third kappa shape index (κ3) is 2.61. The van der Waals surface area contributed by atoms with Gasteiger partial charge in [0.15, 0.2) is 0 Å². The van der Waals surface area contributed by atoms with Gasteiger partial charge in [-0.3, -0.25) is 4.79 Å². The molecule has 1 aromatic carbocycles. The lowest BCUT2D eigenvalue weighted by molar-refractivity contribution is -0.161. The van der Waals surface area contributed by atoms with E-state index in [-0.39, 0.29) is 12.6 Å². The van der Waals surface area contributed by atoms with Gasteiger partial charge >= 0.3 is 11.9 Å². The molecule has 0 fully saturated rings. The number of rotatable bonds is 2. The standard InChI is InChI=1S/C15H19NO4/c1-4-20-15(18)14(17)16-8-7-11-9-12(19-3)5-6-13(11)10(16)2/h5-6,9-10H,4,7-8H2,1-3H3. The molecular formula is C15H19NO4. The molecule has 0 spiro atoms. The summed E-state index contributed by atoms with van der Waals surface area (Å²) in [6.07, 6.45) is 0.710. The smallest absolute Gasteiger partial charge is 0.397 e. The minimum Gasteiger partial charge on any atom is -0.497 e. The lowest BCUT2D eigenvalue weighted by Crippen LogP contribution is -2.43. The number of carbonyl (C=O) groups is 2. The molecule has 1 unspecified atom stereocenters. The number of methoxy groups -OCH3 is 1. The summed E-state index contributed by atoms with van der Waals surface area (Å²) in [6, 6.07) is 5.66. The predicted octanol–water partition coefficient (Wildman–Crippen LogP) is 1.70. The first kappa shape index (κ1) is 14.4. The van der Waals surface area contributed by atoms with E-state index in [0.29, 0.717) is 13.0 Å². The zero-order valence-electron chi connectivity index (χ0n) is 12.0. The summed E-state index contributed by atoms with van der Waals surface area (Å²) in [4.78, 5) is 25.2. The molecular weight excluding hydrogens is 258 g/mol. The Morgan fingerprint density at radius 3 is 2.80 bits per heavy atom. The van der Waals surface area contributed by atoms with Crippen molar-refractivity contribution in [3.63, 3.8) is 0 Å². The quantitative estimate of drug-likeness (QED) is 0.610. The highest BCUT2D eigenvalue weighted by Gasteiger charge is 2.32. The van der Waals surface area contributed by atoms with Gasteiger partial charge in [0, 0.05) is 6.54 Å². The fourth-order valence-corrected chi connectivity index (χ4v) is 2.52. The summed E-state index contributed by atoms with van der Waals surface area (Å²) in [6.45, 7) is 4.33. The molecule has 1 aliphatic heterocycles. The summed E-state index contributed by atoms with van der Waals surface area (Å²) >= 11 is 0. The third-order valence-electron chi connectivity index (χ3n) is 3.60. The molecule has 0 bridgehead atoms. The average Bonchev–Trinajstić information content (AvgIpc) is 2.46. The van der Waals surface area contributed by atoms with Gasteiger partial charge in [-0.25, -0.2) is 4.79 Å². The van der Waals surface area contributed by atoms with Crippen LogP contribution < -0.4 is 4.74 Å². The molecule has 0 aromatic heterocycles. The zero-order chi connectivity index (χ0) is 14.7. The first-order valence-electron chi connectivity index (χ1n) is 6.73. The summed E-state index contributed by atoms with van der Waals surface area (Å²) in [7, 11) is 1.63. The minimum atomic E-state index is -0.781. The maximum absolute atomic E-state index is 12.1. The van der Waals surface area contributed by atoms with E-state index >= 15 is 0 Å². The lowest BCUT2D eigenvalue weighted by atomic mass is 9.93. The SMILES string of the molecule is CCOC(=O)C(=O)N1CCc2cc(OC)ccc2C1C. The highest BCUT2D eigenvalue weighted by Crippen LogP contribution is 2.31. The number of fused-ring (bicyclic) bond motifs is 1. The van der Waals surface area contributed by atoms with Crippen LogP contribution in [0.1, 0.15) is 31.0 Å². The average molecular weight is 277 g/mol. The van der Waals surface area contributed by atoms with Crippen LogP contribution in [0.4, 0.5) is 0 Å². The highest BCUT2D eigenvalue weighted by atomic mass is 16.5. The van der Waals surface area contributed by atoms with Crippen LogP contribution in [0.25, 0.3) is 0 Å². The number of hydrogen-bond acceptors (Lipinski definition) is 4. The Bertz CT molecular complexity index is 527. The van der Waals surface area contributed by atoms with Crippen molar-refractivity contribution in [3.8, 4) is 5.75 Å². The van der Waals surface area contributed by atoms with Crippen LogP contribution in [0.3, 0.4) is 0 Å². The summed E-state index contributed by atoms with van der Waals surface area (Å²) in [5.74, 6) is -0.543. The predicted molar refractivity (Wildman–Crippen MR) is 73.5 cm³/mol. The van der Waals surface area contributed by atoms with E-state index in [2.05, 4.69) is 0 Å². The van der Waals surface area contributed by atoms with Crippen LogP contribution in [-0.2, 0) is 20.7 Å². The molecule has 1 amide bonds. The molecule has 5 heteroatoms. The molecule has 0 N–H and O–H groups in total. The van der Waals surface area contributed by atoms with Gasteiger partial charge in [0.05, 0.1) is 19.8 Å². The van der Waals surface area contributed by atoms with Crippen molar-refractivity contribution < 1.29 is 19.1 Å². The molecule has 1 atom stereocenters. The van der Waals surface area contributed by atoms with Crippen molar-refractivity contribution in [2.45, 2.75) is 26.3 Å². The van der Waals surface area contributed by atoms with E-state index in [1.165, 1.54) is 0 Å². The van der Waals surface area contributed by atoms with Gasteiger partial charge in [-0.2, -0.15) is 0 Å². The molecule has 2 rings (SSSR count).